The molecule has 0 fully saturated rings. The summed E-state index contributed by atoms with van der Waals surface area (Å²) in [7, 11) is 0. The van der Waals surface area contributed by atoms with E-state index in [-0.39, 0.29) is 17.2 Å². The monoisotopic (exact) mass is 291 g/mol. The van der Waals surface area contributed by atoms with Gasteiger partial charge in [-0.2, -0.15) is 0 Å². The zero-order valence-electron chi connectivity index (χ0n) is 12.1. The minimum Gasteiger partial charge on any atom is -0.503 e. The number of unbranched alkanes of at least 4 members (excludes halogenated alkanes) is 1. The lowest BCUT2D eigenvalue weighted by Gasteiger charge is -2.26. The van der Waals surface area contributed by atoms with Crippen LogP contribution in [-0.4, -0.2) is 28.2 Å². The van der Waals surface area contributed by atoms with Crippen molar-refractivity contribution < 1.29 is 19.1 Å². The van der Waals surface area contributed by atoms with E-state index in [0.29, 0.717) is 12.1 Å². The van der Waals surface area contributed by atoms with Gasteiger partial charge in [0.05, 0.1) is 11.6 Å². The van der Waals surface area contributed by atoms with E-state index in [4.69, 9.17) is 0 Å². The van der Waals surface area contributed by atoms with Crippen LogP contribution >= 0.6 is 0 Å². The smallest absolute Gasteiger partial charge is 0.290 e. The van der Waals surface area contributed by atoms with Crippen molar-refractivity contribution >= 4 is 11.7 Å². The highest BCUT2D eigenvalue weighted by Crippen LogP contribution is 2.37. The molecule has 0 saturated carbocycles. The maximum Gasteiger partial charge on any atom is 0.290 e. The summed E-state index contributed by atoms with van der Waals surface area (Å²) in [6.07, 6.45) is 1.65. The Bertz CT molecular complexity index is 592. The summed E-state index contributed by atoms with van der Waals surface area (Å²) in [5, 5.41) is 9.98. The van der Waals surface area contributed by atoms with Crippen molar-refractivity contribution in [2.75, 3.05) is 6.54 Å². The molecule has 1 N–H and O–H groups in total. The van der Waals surface area contributed by atoms with Crippen LogP contribution in [0.15, 0.2) is 35.6 Å². The van der Waals surface area contributed by atoms with Crippen LogP contribution in [0.2, 0.25) is 0 Å². The summed E-state index contributed by atoms with van der Waals surface area (Å²) in [5.41, 5.74) is 0.706. The highest BCUT2D eigenvalue weighted by Gasteiger charge is 2.41. The van der Waals surface area contributed by atoms with Gasteiger partial charge in [0.15, 0.2) is 11.5 Å². The highest BCUT2D eigenvalue weighted by atomic mass is 19.1. The topological polar surface area (TPSA) is 57.6 Å². The summed E-state index contributed by atoms with van der Waals surface area (Å²) in [6, 6.07) is 5.00. The zero-order chi connectivity index (χ0) is 15.6. The second-order valence-corrected chi connectivity index (χ2v) is 5.12. The van der Waals surface area contributed by atoms with Gasteiger partial charge >= 0.3 is 0 Å². The molecule has 1 aromatic rings. The number of aliphatic hydroxyl groups is 1. The van der Waals surface area contributed by atoms with E-state index >= 15 is 0 Å². The predicted molar refractivity (Wildman–Crippen MR) is 76.1 cm³/mol. The van der Waals surface area contributed by atoms with Crippen molar-refractivity contribution in [3.63, 3.8) is 0 Å². The third-order valence-electron chi connectivity index (χ3n) is 3.62. The van der Waals surface area contributed by atoms with Crippen molar-refractivity contribution in [2.45, 2.75) is 32.7 Å². The molecule has 0 aliphatic carbocycles. The maximum absolute atomic E-state index is 13.1. The summed E-state index contributed by atoms with van der Waals surface area (Å²) in [5.74, 6) is -1.77. The van der Waals surface area contributed by atoms with Crippen LogP contribution in [-0.2, 0) is 9.59 Å². The Hall–Kier alpha value is -2.17. The van der Waals surface area contributed by atoms with E-state index in [1.165, 1.54) is 36.1 Å². The minimum absolute atomic E-state index is 0.0858. The average Bonchev–Trinajstić information content (AvgIpc) is 2.70. The van der Waals surface area contributed by atoms with Crippen LogP contribution in [0.1, 0.15) is 38.3 Å². The van der Waals surface area contributed by atoms with Gasteiger partial charge in [0.2, 0.25) is 0 Å². The van der Waals surface area contributed by atoms with E-state index in [0.717, 1.165) is 12.8 Å². The molecule has 1 atom stereocenters. The number of Topliss-reactive ketones (excluding diaryl/α,β-unsaturated/α-hetero) is 1. The van der Waals surface area contributed by atoms with E-state index in [9.17, 15) is 19.1 Å². The van der Waals surface area contributed by atoms with E-state index < -0.39 is 17.7 Å². The van der Waals surface area contributed by atoms with Crippen molar-refractivity contribution in [1.29, 1.82) is 0 Å². The zero-order valence-corrected chi connectivity index (χ0v) is 12.1. The van der Waals surface area contributed by atoms with Crippen molar-refractivity contribution in [3.05, 3.63) is 47.0 Å². The third-order valence-corrected chi connectivity index (χ3v) is 3.62. The summed E-state index contributed by atoms with van der Waals surface area (Å²) >= 11 is 0. The molecular weight excluding hydrogens is 273 g/mol. The van der Waals surface area contributed by atoms with Gasteiger partial charge in [-0.1, -0.05) is 25.5 Å². The van der Waals surface area contributed by atoms with Crippen LogP contribution in [0.3, 0.4) is 0 Å². The van der Waals surface area contributed by atoms with Gasteiger partial charge in [-0.05, 0) is 31.0 Å². The van der Waals surface area contributed by atoms with Crippen molar-refractivity contribution in [3.8, 4) is 0 Å². The molecule has 0 spiro atoms. The lowest BCUT2D eigenvalue weighted by Crippen LogP contribution is -2.31. The molecule has 0 aromatic heterocycles. The first-order chi connectivity index (χ1) is 9.97. The SMILES string of the molecule is CCCCN1C(=O)C(O)=C(C(C)=O)[C@H]1c1ccc(F)cc1. The maximum atomic E-state index is 13.1. The first-order valence-electron chi connectivity index (χ1n) is 6.97. The number of carbonyl (C=O) groups is 2. The van der Waals surface area contributed by atoms with Gasteiger partial charge in [-0.3, -0.25) is 9.59 Å². The molecule has 2 rings (SSSR count). The van der Waals surface area contributed by atoms with Crippen molar-refractivity contribution in [1.82, 2.24) is 4.90 Å². The molecule has 1 amide bonds. The first-order valence-corrected chi connectivity index (χ1v) is 6.97. The number of nitrogens with zero attached hydrogens (tertiary/aromatic N) is 1. The number of benzene rings is 1. The Labute approximate surface area is 122 Å². The van der Waals surface area contributed by atoms with Crippen LogP contribution in [0.25, 0.3) is 0 Å². The Balaban J connectivity index is 2.46. The normalized spacial score (nSPS) is 18.5. The largest absolute Gasteiger partial charge is 0.503 e. The molecule has 1 heterocycles. The van der Waals surface area contributed by atoms with Crippen LogP contribution < -0.4 is 0 Å². The van der Waals surface area contributed by atoms with Gasteiger partial charge in [-0.25, -0.2) is 4.39 Å². The number of rotatable bonds is 5. The quantitative estimate of drug-likeness (QED) is 0.907. The fraction of sp³-hybridized carbons (Fsp3) is 0.375. The van der Waals surface area contributed by atoms with Gasteiger partial charge in [-0.15, -0.1) is 0 Å². The molecule has 1 aliphatic heterocycles. The minimum atomic E-state index is -0.637. The Morgan fingerprint density at radius 3 is 2.48 bits per heavy atom. The molecule has 21 heavy (non-hydrogen) atoms. The Kier molecular flexibility index (Phi) is 4.40. The van der Waals surface area contributed by atoms with Crippen LogP contribution in [0.5, 0.6) is 0 Å². The van der Waals surface area contributed by atoms with Crippen molar-refractivity contribution in [2.24, 2.45) is 0 Å². The molecule has 1 aliphatic rings. The number of amides is 1. The lowest BCUT2D eigenvalue weighted by atomic mass is 9.96. The molecule has 4 nitrogen and oxygen atoms in total. The molecule has 0 bridgehead atoms. The van der Waals surface area contributed by atoms with E-state index in [1.807, 2.05) is 6.92 Å². The molecule has 0 radical (unpaired) electrons. The van der Waals surface area contributed by atoms with E-state index in [2.05, 4.69) is 0 Å². The second-order valence-electron chi connectivity index (χ2n) is 5.12. The molecule has 0 saturated heterocycles. The van der Waals surface area contributed by atoms with Gasteiger partial charge in [0, 0.05) is 6.54 Å². The number of hydrogen-bond donors (Lipinski definition) is 1. The predicted octanol–water partition coefficient (Wildman–Crippen LogP) is 2.91. The van der Waals surface area contributed by atoms with Crippen LogP contribution in [0.4, 0.5) is 4.39 Å². The molecule has 1 aromatic carbocycles. The fourth-order valence-electron chi connectivity index (χ4n) is 2.56. The van der Waals surface area contributed by atoms with Gasteiger partial charge < -0.3 is 10.0 Å². The number of hydrogen-bond acceptors (Lipinski definition) is 3. The highest BCUT2D eigenvalue weighted by molar-refractivity contribution is 6.08. The molecule has 112 valence electrons. The standard InChI is InChI=1S/C16H18FNO3/c1-3-4-9-18-14(11-5-7-12(17)8-6-11)13(10(2)19)15(20)16(18)21/h5-8,14,20H,3-4,9H2,1-2H3/t14-/m1/s1. The van der Waals surface area contributed by atoms with E-state index in [1.54, 1.807) is 0 Å². The Morgan fingerprint density at radius 1 is 1.33 bits per heavy atom. The van der Waals surface area contributed by atoms with Gasteiger partial charge in [0.1, 0.15) is 5.82 Å². The number of aliphatic hydroxyl groups excluding tert-OH is 1. The molecule has 0 unspecified atom stereocenters. The Morgan fingerprint density at radius 2 is 1.95 bits per heavy atom. The average molecular weight is 291 g/mol. The summed E-state index contributed by atoms with van der Waals surface area (Å²) < 4.78 is 13.1. The first kappa shape index (κ1) is 15.2. The molecular formula is C16H18FNO3. The third kappa shape index (κ3) is 2.82. The molecule has 5 heteroatoms. The van der Waals surface area contributed by atoms with Crippen LogP contribution in [0, 0.1) is 5.82 Å². The number of ketones is 1. The fourth-order valence-corrected chi connectivity index (χ4v) is 2.56. The second kappa shape index (κ2) is 6.08. The number of halogens is 1. The summed E-state index contributed by atoms with van der Waals surface area (Å²) in [4.78, 5) is 25.4. The number of carbonyl (C=O) groups excluding carboxylic acids is 2. The van der Waals surface area contributed by atoms with Gasteiger partial charge in [0.25, 0.3) is 5.91 Å². The summed E-state index contributed by atoms with van der Waals surface area (Å²) in [6.45, 7) is 3.75. The lowest BCUT2D eigenvalue weighted by molar-refractivity contribution is -0.129.